The van der Waals surface area contributed by atoms with Crippen LogP contribution in [-0.4, -0.2) is 42.1 Å². The first-order valence-electron chi connectivity index (χ1n) is 10.3. The number of hydrogen-bond acceptors (Lipinski definition) is 7. The van der Waals surface area contributed by atoms with Crippen LogP contribution in [0.25, 0.3) is 39.3 Å². The molecule has 0 unspecified atom stereocenters. The van der Waals surface area contributed by atoms with E-state index in [4.69, 9.17) is 4.98 Å². The maximum atomic E-state index is 11.8. The van der Waals surface area contributed by atoms with Gasteiger partial charge in [-0.05, 0) is 43.3 Å². The fraction of sp³-hybridized carbons (Fsp3) is 0.0833. The molecule has 6 rings (SSSR count). The molecule has 5 aromatic heterocycles. The summed E-state index contributed by atoms with van der Waals surface area (Å²) in [6.07, 6.45) is 9.00. The molecule has 0 aromatic carbocycles. The number of nitrogens with one attached hydrogen (secondary N) is 2. The standard InChI is InChI=1S/C24H17N7OS/c1-13(32)20-2-3-21(33-20)15-6-9-26-11-19-22(15)29-24(28-19)23-16-10-17(14-4-7-25-8-5-14)27-12-18(16)30-31-23/h2-10,12H,11H2,1H3,(H,28,29)(H,30,31). The number of aliphatic imine (C=N–C) groups is 1. The van der Waals surface area contributed by atoms with Gasteiger partial charge in [0.15, 0.2) is 11.6 Å². The number of nitrogens with zero attached hydrogens (tertiary/aromatic N) is 5. The summed E-state index contributed by atoms with van der Waals surface area (Å²) in [5.74, 6) is 0.711. The molecular formula is C24H17N7OS. The molecule has 6 heterocycles. The van der Waals surface area contributed by atoms with E-state index in [-0.39, 0.29) is 5.78 Å². The summed E-state index contributed by atoms with van der Waals surface area (Å²) in [7, 11) is 0. The number of carbonyl (C=O) groups is 1. The molecule has 5 aromatic rings. The Balaban J connectivity index is 1.45. The molecule has 33 heavy (non-hydrogen) atoms. The molecule has 2 N–H and O–H groups in total. The van der Waals surface area contributed by atoms with Gasteiger partial charge < -0.3 is 4.98 Å². The second-order valence-electron chi connectivity index (χ2n) is 7.63. The Hall–Kier alpha value is -4.24. The summed E-state index contributed by atoms with van der Waals surface area (Å²) in [5, 5.41) is 8.49. The van der Waals surface area contributed by atoms with E-state index in [1.54, 1.807) is 31.7 Å². The average Bonchev–Trinajstić information content (AvgIpc) is 3.56. The third-order valence-corrected chi connectivity index (χ3v) is 6.72. The first kappa shape index (κ1) is 19.4. The van der Waals surface area contributed by atoms with Crippen molar-refractivity contribution in [2.24, 2.45) is 4.99 Å². The Labute approximate surface area is 192 Å². The molecule has 1 aliphatic heterocycles. The van der Waals surface area contributed by atoms with Gasteiger partial charge >= 0.3 is 0 Å². The minimum Gasteiger partial charge on any atom is -0.338 e. The van der Waals surface area contributed by atoms with Crippen LogP contribution in [0.1, 0.15) is 32.9 Å². The molecule has 9 heteroatoms. The number of allylic oxidation sites excluding steroid dienone is 1. The largest absolute Gasteiger partial charge is 0.338 e. The molecule has 0 amide bonds. The summed E-state index contributed by atoms with van der Waals surface area (Å²) in [5.41, 5.74) is 6.02. The molecule has 0 aliphatic carbocycles. The zero-order valence-corrected chi connectivity index (χ0v) is 18.3. The second kappa shape index (κ2) is 7.72. The Bertz CT molecular complexity index is 1570. The monoisotopic (exact) mass is 451 g/mol. The van der Waals surface area contributed by atoms with E-state index in [9.17, 15) is 4.79 Å². The maximum absolute atomic E-state index is 11.8. The number of rotatable bonds is 4. The van der Waals surface area contributed by atoms with E-state index >= 15 is 0 Å². The fourth-order valence-electron chi connectivity index (χ4n) is 3.86. The SMILES string of the molecule is CC(=O)c1ccc(C2=CC=NCc3[nH]c(-c4n[nH]c5cnc(-c6ccncc6)cc45)nc32)s1. The lowest BCUT2D eigenvalue weighted by Gasteiger charge is -2.01. The Morgan fingerprint density at radius 2 is 2.00 bits per heavy atom. The van der Waals surface area contributed by atoms with Crippen molar-refractivity contribution in [1.29, 1.82) is 0 Å². The average molecular weight is 452 g/mol. The highest BCUT2D eigenvalue weighted by molar-refractivity contribution is 7.15. The van der Waals surface area contributed by atoms with Crippen molar-refractivity contribution in [3.05, 3.63) is 76.1 Å². The smallest absolute Gasteiger partial charge is 0.169 e. The van der Waals surface area contributed by atoms with Gasteiger partial charge in [-0.25, -0.2) is 4.98 Å². The van der Waals surface area contributed by atoms with Crippen LogP contribution in [0.5, 0.6) is 0 Å². The quantitative estimate of drug-likeness (QED) is 0.385. The van der Waals surface area contributed by atoms with Crippen molar-refractivity contribution >= 4 is 39.8 Å². The number of Topliss-reactive ketones (excluding diaryl/α,β-unsaturated/α-hetero) is 1. The Kier molecular flexibility index (Phi) is 4.55. The topological polar surface area (TPSA) is 113 Å². The van der Waals surface area contributed by atoms with Crippen molar-refractivity contribution in [3.63, 3.8) is 0 Å². The zero-order chi connectivity index (χ0) is 22.4. The van der Waals surface area contributed by atoms with Gasteiger partial charge in [0.2, 0.25) is 0 Å². The van der Waals surface area contributed by atoms with Crippen LogP contribution in [0.3, 0.4) is 0 Å². The molecule has 160 valence electrons. The molecule has 0 saturated heterocycles. The van der Waals surface area contributed by atoms with E-state index in [2.05, 4.69) is 30.1 Å². The summed E-state index contributed by atoms with van der Waals surface area (Å²) >= 11 is 1.46. The van der Waals surface area contributed by atoms with Crippen LogP contribution in [0.4, 0.5) is 0 Å². The zero-order valence-electron chi connectivity index (χ0n) is 17.5. The summed E-state index contributed by atoms with van der Waals surface area (Å²) in [6, 6.07) is 9.67. The molecule has 0 bridgehead atoms. The van der Waals surface area contributed by atoms with Gasteiger partial charge in [0.1, 0.15) is 5.69 Å². The van der Waals surface area contributed by atoms with E-state index in [1.165, 1.54) is 11.3 Å². The van der Waals surface area contributed by atoms with Crippen LogP contribution >= 0.6 is 11.3 Å². The summed E-state index contributed by atoms with van der Waals surface area (Å²) in [6.45, 7) is 2.06. The van der Waals surface area contributed by atoms with Gasteiger partial charge in [-0.15, -0.1) is 11.3 Å². The number of pyridine rings is 2. The van der Waals surface area contributed by atoms with Crippen LogP contribution < -0.4 is 0 Å². The van der Waals surface area contributed by atoms with Crippen molar-refractivity contribution in [2.45, 2.75) is 13.5 Å². The number of thiophene rings is 1. The van der Waals surface area contributed by atoms with Crippen molar-refractivity contribution < 1.29 is 4.79 Å². The van der Waals surface area contributed by atoms with E-state index < -0.39 is 0 Å². The van der Waals surface area contributed by atoms with Crippen LogP contribution in [-0.2, 0) is 6.54 Å². The number of aromatic amines is 2. The van der Waals surface area contributed by atoms with E-state index in [0.29, 0.717) is 12.4 Å². The van der Waals surface area contributed by atoms with Crippen LogP contribution in [0.2, 0.25) is 0 Å². The summed E-state index contributed by atoms with van der Waals surface area (Å²) < 4.78 is 0. The Morgan fingerprint density at radius 1 is 1.12 bits per heavy atom. The first-order valence-corrected chi connectivity index (χ1v) is 11.1. The molecule has 8 nitrogen and oxygen atoms in total. The molecular weight excluding hydrogens is 434 g/mol. The molecule has 0 spiro atoms. The second-order valence-corrected chi connectivity index (χ2v) is 8.71. The van der Waals surface area contributed by atoms with Crippen molar-refractivity contribution in [2.75, 3.05) is 0 Å². The van der Waals surface area contributed by atoms with Gasteiger partial charge in [0, 0.05) is 40.0 Å². The lowest BCUT2D eigenvalue weighted by molar-refractivity contribution is 0.102. The number of carbonyl (C=O) groups excluding carboxylic acids is 1. The summed E-state index contributed by atoms with van der Waals surface area (Å²) in [4.78, 5) is 34.9. The minimum absolute atomic E-state index is 0.0543. The van der Waals surface area contributed by atoms with Crippen molar-refractivity contribution in [3.8, 4) is 22.8 Å². The third kappa shape index (κ3) is 3.39. The van der Waals surface area contributed by atoms with Crippen LogP contribution in [0, 0.1) is 0 Å². The highest BCUT2D eigenvalue weighted by Gasteiger charge is 2.22. The maximum Gasteiger partial charge on any atom is 0.169 e. The van der Waals surface area contributed by atoms with E-state index in [0.717, 1.165) is 54.6 Å². The highest BCUT2D eigenvalue weighted by Crippen LogP contribution is 2.34. The number of aromatic nitrogens is 6. The van der Waals surface area contributed by atoms with Gasteiger partial charge in [-0.1, -0.05) is 0 Å². The number of ketones is 1. The molecule has 1 aliphatic rings. The molecule has 0 atom stereocenters. The lowest BCUT2D eigenvalue weighted by Crippen LogP contribution is -1.90. The van der Waals surface area contributed by atoms with E-state index in [1.807, 2.05) is 36.4 Å². The number of hydrogen-bond donors (Lipinski definition) is 2. The number of imidazole rings is 1. The minimum atomic E-state index is 0.0543. The molecule has 0 fully saturated rings. The first-order chi connectivity index (χ1) is 16.2. The highest BCUT2D eigenvalue weighted by atomic mass is 32.1. The van der Waals surface area contributed by atoms with Crippen molar-refractivity contribution in [1.82, 2.24) is 30.1 Å². The fourth-order valence-corrected chi connectivity index (χ4v) is 4.78. The Morgan fingerprint density at radius 3 is 2.82 bits per heavy atom. The van der Waals surface area contributed by atoms with Crippen LogP contribution in [0.15, 0.2) is 60.0 Å². The molecule has 0 saturated carbocycles. The number of fused-ring (bicyclic) bond motifs is 2. The van der Waals surface area contributed by atoms with Gasteiger partial charge in [-0.3, -0.25) is 24.9 Å². The predicted octanol–water partition coefficient (Wildman–Crippen LogP) is 4.69. The predicted molar refractivity (Wildman–Crippen MR) is 128 cm³/mol. The number of H-pyrrole nitrogens is 2. The van der Waals surface area contributed by atoms with Gasteiger partial charge in [-0.2, -0.15) is 5.10 Å². The normalized spacial score (nSPS) is 13.1. The van der Waals surface area contributed by atoms with Gasteiger partial charge in [0.25, 0.3) is 0 Å². The van der Waals surface area contributed by atoms with Gasteiger partial charge in [0.05, 0.1) is 40.2 Å². The lowest BCUT2D eigenvalue weighted by atomic mass is 10.1. The molecule has 0 radical (unpaired) electrons. The third-order valence-electron chi connectivity index (χ3n) is 5.50.